The zero-order valence-corrected chi connectivity index (χ0v) is 5.69. The van der Waals surface area contributed by atoms with E-state index in [0.29, 0.717) is 6.42 Å². The number of carboxylic acid groups (broad SMARTS) is 1. The number of rotatable bonds is 1. The summed E-state index contributed by atoms with van der Waals surface area (Å²) in [6.07, 6.45) is -0.737. The zero-order chi connectivity index (χ0) is 8.01. The van der Waals surface area contributed by atoms with Gasteiger partial charge < -0.3 is 14.7 Å². The molecule has 0 aromatic carbocycles. The summed E-state index contributed by atoms with van der Waals surface area (Å²) in [6, 6.07) is 0. The highest BCUT2D eigenvalue weighted by atomic mass is 16.6. The number of ether oxygens (including phenoxy) is 1. The van der Waals surface area contributed by atoms with Crippen LogP contribution in [0.1, 0.15) is 6.42 Å². The first kappa shape index (κ1) is 6.60. The molecule has 0 unspecified atom stereocenters. The van der Waals surface area contributed by atoms with Crippen molar-refractivity contribution in [3.63, 3.8) is 0 Å². The normalized spacial score (nSPS) is 34.9. The van der Waals surface area contributed by atoms with E-state index in [-0.39, 0.29) is 18.7 Å². The van der Waals surface area contributed by atoms with Crippen molar-refractivity contribution in [2.75, 3.05) is 6.54 Å². The fourth-order valence-corrected chi connectivity index (χ4v) is 1.31. The van der Waals surface area contributed by atoms with Crippen LogP contribution in [0.15, 0.2) is 0 Å². The first-order chi connectivity index (χ1) is 5.18. The molecule has 2 atom stereocenters. The smallest absolute Gasteiger partial charge is 0.334 e. The van der Waals surface area contributed by atoms with E-state index in [1.165, 1.54) is 4.90 Å². The Morgan fingerprint density at radius 3 is 2.91 bits per heavy atom. The first-order valence-electron chi connectivity index (χ1n) is 3.36. The van der Waals surface area contributed by atoms with Gasteiger partial charge in [0.25, 0.3) is 0 Å². The van der Waals surface area contributed by atoms with E-state index in [1.54, 1.807) is 0 Å². The van der Waals surface area contributed by atoms with Crippen LogP contribution in [0.2, 0.25) is 0 Å². The van der Waals surface area contributed by atoms with Gasteiger partial charge in [0.05, 0.1) is 13.0 Å². The number of carbonyl (C=O) groups is 2. The third-order valence-corrected chi connectivity index (χ3v) is 1.98. The number of hydrogen-bond donors (Lipinski definition) is 1. The number of β-lactam (4-membered cyclic amide) rings is 1. The number of nitrogens with zero attached hydrogens (tertiary/aromatic N) is 1. The lowest BCUT2D eigenvalue weighted by atomic mass is 10.2. The van der Waals surface area contributed by atoms with Crippen LogP contribution < -0.4 is 0 Å². The van der Waals surface area contributed by atoms with Crippen molar-refractivity contribution < 1.29 is 19.4 Å². The molecule has 0 spiro atoms. The van der Waals surface area contributed by atoms with Gasteiger partial charge in [0.1, 0.15) is 6.23 Å². The summed E-state index contributed by atoms with van der Waals surface area (Å²) in [5.41, 5.74) is 0. The minimum Gasteiger partial charge on any atom is -0.479 e. The molecule has 11 heavy (non-hydrogen) atoms. The number of aliphatic carboxylic acids is 1. The molecular formula is C6H7NO4. The molecule has 0 radical (unpaired) electrons. The molecule has 1 N–H and O–H groups in total. The lowest BCUT2D eigenvalue weighted by molar-refractivity contribution is -0.162. The summed E-state index contributed by atoms with van der Waals surface area (Å²) < 4.78 is 5.00. The number of carboxylic acids is 1. The fourth-order valence-electron chi connectivity index (χ4n) is 1.31. The topological polar surface area (TPSA) is 66.8 Å². The Labute approximate surface area is 62.5 Å². The van der Waals surface area contributed by atoms with Gasteiger partial charge in [-0.1, -0.05) is 0 Å². The van der Waals surface area contributed by atoms with E-state index in [4.69, 9.17) is 9.84 Å². The summed E-state index contributed by atoms with van der Waals surface area (Å²) in [4.78, 5) is 22.5. The average Bonchev–Trinajstić information content (AvgIpc) is 2.26. The SMILES string of the molecule is O=C(O)[C@@H]1CN2C(=O)C[C@H]2O1. The molecular weight excluding hydrogens is 150 g/mol. The highest BCUT2D eigenvalue weighted by Gasteiger charge is 2.47. The van der Waals surface area contributed by atoms with E-state index in [1.807, 2.05) is 0 Å². The van der Waals surface area contributed by atoms with Gasteiger partial charge in [-0.05, 0) is 0 Å². The standard InChI is InChI=1S/C6H7NO4/c8-4-1-5-7(4)2-3(11-5)6(9)10/h3,5H,1-2H2,(H,9,10)/t3-,5+/m0/s1. The van der Waals surface area contributed by atoms with Gasteiger partial charge in [0, 0.05) is 0 Å². The van der Waals surface area contributed by atoms with Crippen LogP contribution in [0.25, 0.3) is 0 Å². The van der Waals surface area contributed by atoms with E-state index in [9.17, 15) is 9.59 Å². The molecule has 5 nitrogen and oxygen atoms in total. The van der Waals surface area contributed by atoms with Crippen molar-refractivity contribution in [3.8, 4) is 0 Å². The van der Waals surface area contributed by atoms with Crippen molar-refractivity contribution in [1.82, 2.24) is 4.90 Å². The Hall–Kier alpha value is -1.10. The van der Waals surface area contributed by atoms with Gasteiger partial charge in [0.2, 0.25) is 5.91 Å². The average molecular weight is 157 g/mol. The summed E-state index contributed by atoms with van der Waals surface area (Å²) in [5.74, 6) is -1.01. The van der Waals surface area contributed by atoms with Gasteiger partial charge in [-0.25, -0.2) is 4.79 Å². The molecule has 2 fully saturated rings. The third kappa shape index (κ3) is 0.808. The number of carbonyl (C=O) groups excluding carboxylic acids is 1. The van der Waals surface area contributed by atoms with Gasteiger partial charge >= 0.3 is 5.97 Å². The largest absolute Gasteiger partial charge is 0.479 e. The Kier molecular flexibility index (Phi) is 1.17. The quantitative estimate of drug-likeness (QED) is 0.497. The number of fused-ring (bicyclic) bond motifs is 1. The Bertz CT molecular complexity index is 227. The van der Waals surface area contributed by atoms with Crippen LogP contribution in [-0.2, 0) is 14.3 Å². The first-order valence-corrected chi connectivity index (χ1v) is 3.36. The predicted molar refractivity (Wildman–Crippen MR) is 32.6 cm³/mol. The second-order valence-electron chi connectivity index (χ2n) is 2.67. The molecule has 2 aliphatic rings. The fraction of sp³-hybridized carbons (Fsp3) is 0.667. The molecule has 2 saturated heterocycles. The minimum absolute atomic E-state index is 0.0150. The lowest BCUT2D eigenvalue weighted by Gasteiger charge is -2.31. The Morgan fingerprint density at radius 2 is 2.45 bits per heavy atom. The Balaban J connectivity index is 2.04. The van der Waals surface area contributed by atoms with Crippen molar-refractivity contribution >= 4 is 11.9 Å². The Morgan fingerprint density at radius 1 is 1.73 bits per heavy atom. The predicted octanol–water partition coefficient (Wildman–Crippen LogP) is -0.972. The molecule has 2 aliphatic heterocycles. The summed E-state index contributed by atoms with van der Waals surface area (Å²) >= 11 is 0. The van der Waals surface area contributed by atoms with E-state index in [0.717, 1.165) is 0 Å². The van der Waals surface area contributed by atoms with E-state index >= 15 is 0 Å². The van der Waals surface area contributed by atoms with E-state index in [2.05, 4.69) is 0 Å². The lowest BCUT2D eigenvalue weighted by Crippen LogP contribution is -2.48. The highest BCUT2D eigenvalue weighted by Crippen LogP contribution is 2.28. The third-order valence-electron chi connectivity index (χ3n) is 1.98. The molecule has 2 rings (SSSR count). The van der Waals surface area contributed by atoms with Crippen LogP contribution in [0, 0.1) is 0 Å². The summed E-state index contributed by atoms with van der Waals surface area (Å²) in [7, 11) is 0. The van der Waals surface area contributed by atoms with Crippen LogP contribution >= 0.6 is 0 Å². The molecule has 2 heterocycles. The van der Waals surface area contributed by atoms with Gasteiger partial charge in [0.15, 0.2) is 6.10 Å². The second kappa shape index (κ2) is 1.94. The molecule has 0 bridgehead atoms. The molecule has 60 valence electrons. The van der Waals surface area contributed by atoms with Gasteiger partial charge in [-0.15, -0.1) is 0 Å². The minimum atomic E-state index is -0.993. The van der Waals surface area contributed by atoms with Crippen molar-refractivity contribution in [2.24, 2.45) is 0 Å². The van der Waals surface area contributed by atoms with Crippen LogP contribution in [0.5, 0.6) is 0 Å². The van der Waals surface area contributed by atoms with Gasteiger partial charge in [-0.3, -0.25) is 4.79 Å². The zero-order valence-electron chi connectivity index (χ0n) is 5.69. The molecule has 0 aromatic rings. The number of amides is 1. The summed E-state index contributed by atoms with van der Waals surface area (Å²) in [5, 5.41) is 8.50. The summed E-state index contributed by atoms with van der Waals surface area (Å²) in [6.45, 7) is 0.207. The van der Waals surface area contributed by atoms with Gasteiger partial charge in [-0.2, -0.15) is 0 Å². The van der Waals surface area contributed by atoms with Crippen LogP contribution in [-0.4, -0.2) is 40.8 Å². The van der Waals surface area contributed by atoms with Crippen molar-refractivity contribution in [1.29, 1.82) is 0 Å². The van der Waals surface area contributed by atoms with Crippen molar-refractivity contribution in [2.45, 2.75) is 18.8 Å². The maximum Gasteiger partial charge on any atom is 0.334 e. The molecule has 1 amide bonds. The van der Waals surface area contributed by atoms with E-state index < -0.39 is 12.1 Å². The molecule has 5 heteroatoms. The monoisotopic (exact) mass is 157 g/mol. The van der Waals surface area contributed by atoms with Crippen LogP contribution in [0.3, 0.4) is 0 Å². The molecule has 0 saturated carbocycles. The van der Waals surface area contributed by atoms with Crippen LogP contribution in [0.4, 0.5) is 0 Å². The number of hydrogen-bond acceptors (Lipinski definition) is 3. The maximum absolute atomic E-state index is 10.7. The highest BCUT2D eigenvalue weighted by molar-refractivity contribution is 5.85. The molecule has 0 aromatic heterocycles. The van der Waals surface area contributed by atoms with Crippen molar-refractivity contribution in [3.05, 3.63) is 0 Å². The second-order valence-corrected chi connectivity index (χ2v) is 2.67. The molecule has 0 aliphatic carbocycles. The maximum atomic E-state index is 10.7.